The Morgan fingerprint density at radius 1 is 1.05 bits per heavy atom. The highest BCUT2D eigenvalue weighted by molar-refractivity contribution is 7.80. The average Bonchev–Trinajstić information content (AvgIpc) is 3.63. The number of hydrogen-bond donors (Lipinski definition) is 3. The van der Waals surface area contributed by atoms with Crippen LogP contribution in [0.3, 0.4) is 0 Å². The van der Waals surface area contributed by atoms with Crippen LogP contribution < -0.4 is 5.32 Å². The third-order valence-electron chi connectivity index (χ3n) is 13.4. The largest absolute Gasteiger partial charge is 0.397 e. The number of ether oxygens (including phenoxy) is 2. The van der Waals surface area contributed by atoms with Gasteiger partial charge in [0.25, 0.3) is 0 Å². The number of benzene rings is 2. The topological polar surface area (TPSA) is 183 Å². The molecule has 0 unspecified atom stereocenters. The third kappa shape index (κ3) is 7.74. The van der Waals surface area contributed by atoms with E-state index in [0.29, 0.717) is 36.9 Å². The van der Waals surface area contributed by atoms with Gasteiger partial charge in [-0.3, -0.25) is 23.7 Å². The number of ketones is 3. The number of fused-ring (bicyclic) bond motifs is 7. The Kier molecular flexibility index (Phi) is 11.8. The molecular weight excluding hydrogens is 751 g/mol. The highest BCUT2D eigenvalue weighted by Crippen LogP contribution is 2.70. The number of anilines is 1. The van der Waals surface area contributed by atoms with Gasteiger partial charge in [-0.25, -0.2) is 4.18 Å². The van der Waals surface area contributed by atoms with E-state index in [4.69, 9.17) is 9.47 Å². The Morgan fingerprint density at radius 2 is 1.77 bits per heavy atom. The molecule has 3 saturated carbocycles. The van der Waals surface area contributed by atoms with Gasteiger partial charge in [-0.05, 0) is 79.4 Å². The first-order valence-electron chi connectivity index (χ1n) is 19.5. The molecule has 2 aromatic rings. The molecule has 1 heterocycles. The Bertz CT molecular complexity index is 2090. The van der Waals surface area contributed by atoms with Crippen LogP contribution in [0.25, 0.3) is 0 Å². The zero-order valence-electron chi connectivity index (χ0n) is 32.4. The Balaban J connectivity index is 0.00000549. The number of carbonyl (C=O) groups excluding carboxylic acids is 4. The SMILES string of the molecule is C.CC(C)C(=O)C[C@@H](C)C(=O)Nc1cccc(Cc2ccc([C@@H]3O[C@@H]4C[C@H]5[C@@H]6CCC7=CC(=O)C=C[C@]7(C)[C@H]6[C@@H](O)C[C@]5(C)[C@]4(C(=O)COS(=O)(=O)O)O3)cc2)c1. The molecule has 2 aromatic carbocycles. The molecule has 4 aliphatic carbocycles. The lowest BCUT2D eigenvalue weighted by atomic mass is 9.46. The normalized spacial score (nSPS) is 33.3. The first-order valence-corrected chi connectivity index (χ1v) is 20.8. The zero-order valence-corrected chi connectivity index (χ0v) is 33.2. The lowest BCUT2D eigenvalue weighted by molar-refractivity contribution is -0.200. The summed E-state index contributed by atoms with van der Waals surface area (Å²) in [6, 6.07) is 15.1. The number of allylic oxidation sites excluding steroid dienone is 4. The number of aliphatic hydroxyl groups excluding tert-OH is 1. The van der Waals surface area contributed by atoms with E-state index in [1.165, 1.54) is 0 Å². The van der Waals surface area contributed by atoms with E-state index in [2.05, 4.69) is 16.4 Å². The first kappa shape index (κ1) is 42.7. The molecule has 57 heavy (non-hydrogen) atoms. The van der Waals surface area contributed by atoms with Gasteiger partial charge in [0.1, 0.15) is 12.4 Å². The minimum atomic E-state index is -4.94. The van der Waals surface area contributed by atoms with Crippen LogP contribution in [0.5, 0.6) is 0 Å². The summed E-state index contributed by atoms with van der Waals surface area (Å²) in [6.45, 7) is 8.40. The van der Waals surface area contributed by atoms with Crippen LogP contribution in [0.15, 0.2) is 72.3 Å². The van der Waals surface area contributed by atoms with Crippen LogP contribution in [-0.2, 0) is 49.7 Å². The standard InChI is InChI=1S/C43H51NO11S.CH4/c1-24(2)34(46)17-25(3)39(49)44-30-8-6-7-27(19-30)18-26-9-11-28(12-10-26)40-54-37-21-33-32-14-13-29-20-31(45)15-16-41(29,4)38(32)35(47)22-42(33,5)43(37,55-40)36(48)23-53-56(50,51)52;/h6-12,15-16,19-20,24-25,32-33,35,37-38,40,47H,13-14,17-18,21-23H2,1-5H3,(H,44,49)(H,50,51,52);1H4/t25-,32+,33+,35+,37-,38-,40-,41+,42+,43-;/m1./s1. The van der Waals surface area contributed by atoms with Crippen LogP contribution in [-0.4, -0.2) is 65.7 Å². The minimum absolute atomic E-state index is 0. The molecule has 1 amide bonds. The lowest BCUT2D eigenvalue weighted by Gasteiger charge is -2.59. The average molecular weight is 806 g/mol. The fourth-order valence-electron chi connectivity index (χ4n) is 10.6. The van der Waals surface area contributed by atoms with Gasteiger partial charge in [-0.15, -0.1) is 0 Å². The van der Waals surface area contributed by atoms with Crippen molar-refractivity contribution < 1.29 is 50.9 Å². The molecule has 10 atom stereocenters. The second kappa shape index (κ2) is 15.7. The third-order valence-corrected chi connectivity index (χ3v) is 13.9. The second-order valence-corrected chi connectivity index (χ2v) is 18.3. The first-order chi connectivity index (χ1) is 26.3. The van der Waals surface area contributed by atoms with Crippen molar-refractivity contribution in [2.75, 3.05) is 11.9 Å². The van der Waals surface area contributed by atoms with Crippen molar-refractivity contribution in [2.24, 2.45) is 40.4 Å². The number of amides is 1. The quantitative estimate of drug-likeness (QED) is 0.198. The van der Waals surface area contributed by atoms with Gasteiger partial charge in [-0.2, -0.15) is 8.42 Å². The number of rotatable bonds is 12. The van der Waals surface area contributed by atoms with Crippen LogP contribution >= 0.6 is 0 Å². The van der Waals surface area contributed by atoms with E-state index < -0.39 is 63.6 Å². The maximum Gasteiger partial charge on any atom is 0.397 e. The monoisotopic (exact) mass is 805 g/mol. The molecule has 0 spiro atoms. The maximum absolute atomic E-state index is 14.3. The molecule has 0 radical (unpaired) electrons. The summed E-state index contributed by atoms with van der Waals surface area (Å²) in [7, 11) is -4.94. The number of carbonyl (C=O) groups is 4. The molecule has 0 aromatic heterocycles. The summed E-state index contributed by atoms with van der Waals surface area (Å²) < 4.78 is 50.6. The Labute approximate surface area is 335 Å². The Morgan fingerprint density at radius 3 is 2.46 bits per heavy atom. The molecule has 0 bridgehead atoms. The molecule has 7 rings (SSSR count). The van der Waals surface area contributed by atoms with Crippen molar-refractivity contribution in [1.82, 2.24) is 0 Å². The zero-order chi connectivity index (χ0) is 40.4. The molecule has 1 saturated heterocycles. The summed E-state index contributed by atoms with van der Waals surface area (Å²) in [4.78, 5) is 51.5. The van der Waals surface area contributed by atoms with E-state index in [-0.39, 0.29) is 61.4 Å². The fourth-order valence-corrected chi connectivity index (χ4v) is 10.9. The fraction of sp³-hybridized carbons (Fsp3) is 0.545. The maximum atomic E-state index is 14.3. The second-order valence-electron chi connectivity index (χ2n) is 17.2. The summed E-state index contributed by atoms with van der Waals surface area (Å²) >= 11 is 0. The van der Waals surface area contributed by atoms with Crippen molar-refractivity contribution in [1.29, 1.82) is 0 Å². The summed E-state index contributed by atoms with van der Waals surface area (Å²) in [5.41, 5.74) is 0.989. The summed E-state index contributed by atoms with van der Waals surface area (Å²) in [6.07, 6.45) is 5.20. The summed E-state index contributed by atoms with van der Waals surface area (Å²) in [5, 5.41) is 14.9. The van der Waals surface area contributed by atoms with Crippen LogP contribution in [0.2, 0.25) is 0 Å². The molecule has 1 aliphatic heterocycles. The van der Waals surface area contributed by atoms with Crippen LogP contribution in [0, 0.1) is 40.4 Å². The van der Waals surface area contributed by atoms with Crippen molar-refractivity contribution in [3.63, 3.8) is 0 Å². The molecular formula is C44H55NO11S. The van der Waals surface area contributed by atoms with E-state index in [1.807, 2.05) is 69.3 Å². The number of nitrogens with one attached hydrogen (secondary N) is 1. The minimum Gasteiger partial charge on any atom is -0.393 e. The molecule has 3 N–H and O–H groups in total. The smallest absolute Gasteiger partial charge is 0.393 e. The van der Waals surface area contributed by atoms with Gasteiger partial charge < -0.3 is 19.9 Å². The number of hydrogen-bond acceptors (Lipinski definition) is 10. The van der Waals surface area contributed by atoms with E-state index >= 15 is 0 Å². The van der Waals surface area contributed by atoms with Crippen LogP contribution in [0.1, 0.15) is 97.1 Å². The molecule has 12 nitrogen and oxygen atoms in total. The van der Waals surface area contributed by atoms with Crippen molar-refractivity contribution >= 4 is 39.3 Å². The Hall–Kier alpha value is -3.85. The van der Waals surface area contributed by atoms with Crippen LogP contribution in [0.4, 0.5) is 5.69 Å². The van der Waals surface area contributed by atoms with E-state index in [9.17, 15) is 37.3 Å². The van der Waals surface area contributed by atoms with Crippen molar-refractivity contribution in [3.8, 4) is 0 Å². The predicted molar refractivity (Wildman–Crippen MR) is 212 cm³/mol. The van der Waals surface area contributed by atoms with Gasteiger partial charge >= 0.3 is 10.4 Å². The van der Waals surface area contributed by atoms with Gasteiger partial charge in [0.15, 0.2) is 23.5 Å². The number of aliphatic hydroxyl groups is 1. The van der Waals surface area contributed by atoms with E-state index in [0.717, 1.165) is 16.7 Å². The van der Waals surface area contributed by atoms with Crippen molar-refractivity contribution in [3.05, 3.63) is 89.0 Å². The highest BCUT2D eigenvalue weighted by Gasteiger charge is 2.76. The van der Waals surface area contributed by atoms with Gasteiger partial charge in [0.05, 0.1) is 12.2 Å². The predicted octanol–water partition coefficient (Wildman–Crippen LogP) is 6.53. The lowest BCUT2D eigenvalue weighted by Crippen LogP contribution is -2.63. The van der Waals surface area contributed by atoms with Crippen molar-refractivity contribution in [2.45, 2.75) is 105 Å². The highest BCUT2D eigenvalue weighted by atomic mass is 32.3. The molecule has 4 fully saturated rings. The van der Waals surface area contributed by atoms with E-state index in [1.54, 1.807) is 25.1 Å². The summed E-state index contributed by atoms with van der Waals surface area (Å²) in [5.74, 6) is -1.92. The molecule has 308 valence electrons. The van der Waals surface area contributed by atoms with Gasteiger partial charge in [0.2, 0.25) is 5.91 Å². The van der Waals surface area contributed by atoms with Gasteiger partial charge in [-0.1, -0.05) is 90.1 Å². The number of Topliss-reactive ketones (excluding diaryl/α,β-unsaturated/α-hetero) is 2. The molecule has 5 aliphatic rings. The molecule has 13 heteroatoms. The van der Waals surface area contributed by atoms with Gasteiger partial charge in [0, 0.05) is 46.3 Å².